The molecule has 2 aromatic carbocycles. The summed E-state index contributed by atoms with van der Waals surface area (Å²) in [5, 5.41) is 19.9. The summed E-state index contributed by atoms with van der Waals surface area (Å²) in [6.07, 6.45) is 1.43. The molecule has 0 saturated heterocycles. The molecule has 6 nitrogen and oxygen atoms in total. The molecule has 0 heterocycles. The van der Waals surface area contributed by atoms with Crippen LogP contribution in [0.5, 0.6) is 0 Å². The highest BCUT2D eigenvalue weighted by Crippen LogP contribution is 2.25. The second-order valence-corrected chi connectivity index (χ2v) is 4.89. The molecule has 0 bridgehead atoms. The lowest BCUT2D eigenvalue weighted by Gasteiger charge is -2.04. The smallest absolute Gasteiger partial charge is 0.336 e. The monoisotopic (exact) mass is 318 g/mol. The zero-order valence-electron chi connectivity index (χ0n) is 11.5. The standard InChI is InChI=1S/C15H11ClN2O4/c1-9-11(15(19)20)3-2-4-13(9)17-8-10-5-6-12(16)14(7-10)18(21)22/h2-8H,1H3,(H,19,20). The van der Waals surface area contributed by atoms with Gasteiger partial charge >= 0.3 is 5.97 Å². The Balaban J connectivity index is 2.37. The number of hydrogen-bond acceptors (Lipinski definition) is 4. The summed E-state index contributed by atoms with van der Waals surface area (Å²) in [6.45, 7) is 1.65. The summed E-state index contributed by atoms with van der Waals surface area (Å²) in [4.78, 5) is 25.5. The second kappa shape index (κ2) is 6.36. The van der Waals surface area contributed by atoms with Gasteiger partial charge in [0.1, 0.15) is 5.02 Å². The number of nitro groups is 1. The minimum absolute atomic E-state index is 0.0474. The second-order valence-electron chi connectivity index (χ2n) is 4.48. The number of carboxylic acid groups (broad SMARTS) is 1. The first-order chi connectivity index (χ1) is 10.4. The van der Waals surface area contributed by atoms with Crippen molar-refractivity contribution in [2.45, 2.75) is 6.92 Å². The van der Waals surface area contributed by atoms with Crippen LogP contribution in [0.15, 0.2) is 41.4 Å². The molecule has 0 aliphatic heterocycles. The lowest BCUT2D eigenvalue weighted by Crippen LogP contribution is -1.99. The van der Waals surface area contributed by atoms with Gasteiger partial charge in [-0.05, 0) is 36.2 Å². The topological polar surface area (TPSA) is 92.8 Å². The first-order valence-corrected chi connectivity index (χ1v) is 6.59. The Labute approximate surface area is 130 Å². The third kappa shape index (κ3) is 3.29. The number of aromatic carboxylic acids is 1. The fraction of sp³-hybridized carbons (Fsp3) is 0.0667. The number of carboxylic acids is 1. The fourth-order valence-corrected chi connectivity index (χ4v) is 2.08. The van der Waals surface area contributed by atoms with Gasteiger partial charge in [-0.3, -0.25) is 15.1 Å². The predicted molar refractivity (Wildman–Crippen MR) is 83.5 cm³/mol. The van der Waals surface area contributed by atoms with E-state index in [2.05, 4.69) is 4.99 Å². The molecular weight excluding hydrogens is 308 g/mol. The van der Waals surface area contributed by atoms with Crippen LogP contribution in [0.1, 0.15) is 21.5 Å². The fourth-order valence-electron chi connectivity index (χ4n) is 1.89. The van der Waals surface area contributed by atoms with Gasteiger partial charge in [0.25, 0.3) is 5.69 Å². The number of hydrogen-bond donors (Lipinski definition) is 1. The molecule has 0 atom stereocenters. The Morgan fingerprint density at radius 2 is 2.09 bits per heavy atom. The summed E-state index contributed by atoms with van der Waals surface area (Å²) in [7, 11) is 0. The molecule has 0 aliphatic carbocycles. The van der Waals surface area contributed by atoms with Gasteiger partial charge < -0.3 is 5.11 Å². The number of carbonyl (C=O) groups is 1. The van der Waals surface area contributed by atoms with Crippen LogP contribution in [0.4, 0.5) is 11.4 Å². The van der Waals surface area contributed by atoms with Gasteiger partial charge in [0.15, 0.2) is 0 Å². The molecule has 0 amide bonds. The van der Waals surface area contributed by atoms with E-state index in [1.165, 1.54) is 24.4 Å². The first kappa shape index (κ1) is 15.7. The zero-order chi connectivity index (χ0) is 16.3. The highest BCUT2D eigenvalue weighted by Gasteiger charge is 2.12. The SMILES string of the molecule is Cc1c(N=Cc2ccc(Cl)c([N+](=O)[O-])c2)cccc1C(=O)O. The van der Waals surface area contributed by atoms with Crippen LogP contribution >= 0.6 is 11.6 Å². The van der Waals surface area contributed by atoms with Gasteiger partial charge in [0.05, 0.1) is 16.2 Å². The van der Waals surface area contributed by atoms with Gasteiger partial charge in [0, 0.05) is 12.3 Å². The van der Waals surface area contributed by atoms with Crippen LogP contribution in [-0.4, -0.2) is 22.2 Å². The molecule has 0 aromatic heterocycles. The molecule has 7 heteroatoms. The van der Waals surface area contributed by atoms with Gasteiger partial charge in [-0.15, -0.1) is 0 Å². The third-order valence-electron chi connectivity index (χ3n) is 3.06. The molecule has 22 heavy (non-hydrogen) atoms. The van der Waals surface area contributed by atoms with E-state index in [0.717, 1.165) is 0 Å². The van der Waals surface area contributed by atoms with Crippen LogP contribution in [0.25, 0.3) is 0 Å². The lowest BCUT2D eigenvalue weighted by atomic mass is 10.1. The maximum Gasteiger partial charge on any atom is 0.336 e. The Bertz CT molecular complexity index is 787. The van der Waals surface area contributed by atoms with Crippen molar-refractivity contribution in [1.82, 2.24) is 0 Å². The van der Waals surface area contributed by atoms with Crippen molar-refractivity contribution >= 4 is 35.2 Å². The summed E-state index contributed by atoms with van der Waals surface area (Å²) < 4.78 is 0. The van der Waals surface area contributed by atoms with E-state index in [0.29, 0.717) is 16.8 Å². The molecule has 0 spiro atoms. The number of nitro benzene ring substituents is 1. The summed E-state index contributed by atoms with van der Waals surface area (Å²) in [6, 6.07) is 9.07. The van der Waals surface area contributed by atoms with Gasteiger partial charge in [-0.1, -0.05) is 23.7 Å². The molecule has 0 unspecified atom stereocenters. The Morgan fingerprint density at radius 1 is 1.36 bits per heavy atom. The largest absolute Gasteiger partial charge is 0.478 e. The van der Waals surface area contributed by atoms with Crippen molar-refractivity contribution in [2.75, 3.05) is 0 Å². The molecular formula is C15H11ClN2O4. The first-order valence-electron chi connectivity index (χ1n) is 6.21. The highest BCUT2D eigenvalue weighted by atomic mass is 35.5. The van der Waals surface area contributed by atoms with Crippen molar-refractivity contribution in [3.05, 3.63) is 68.2 Å². The number of nitrogens with zero attached hydrogens (tertiary/aromatic N) is 2. The van der Waals surface area contributed by atoms with E-state index in [1.807, 2.05) is 0 Å². The maximum absolute atomic E-state index is 11.1. The highest BCUT2D eigenvalue weighted by molar-refractivity contribution is 6.32. The zero-order valence-corrected chi connectivity index (χ0v) is 12.2. The van der Waals surface area contributed by atoms with Crippen LogP contribution in [0, 0.1) is 17.0 Å². The van der Waals surface area contributed by atoms with Crippen LogP contribution < -0.4 is 0 Å². The van der Waals surface area contributed by atoms with Crippen molar-refractivity contribution in [3.63, 3.8) is 0 Å². The van der Waals surface area contributed by atoms with E-state index in [4.69, 9.17) is 16.7 Å². The molecule has 0 aliphatic rings. The molecule has 2 aromatic rings. The van der Waals surface area contributed by atoms with Gasteiger partial charge in [0.2, 0.25) is 0 Å². The molecule has 0 fully saturated rings. The average Bonchev–Trinajstić information content (AvgIpc) is 2.47. The van der Waals surface area contributed by atoms with Crippen LogP contribution in [0.3, 0.4) is 0 Å². The number of aliphatic imine (C=N–C) groups is 1. The predicted octanol–water partition coefficient (Wildman–Crippen LogP) is 4.01. The van der Waals surface area contributed by atoms with Gasteiger partial charge in [-0.25, -0.2) is 4.79 Å². The average molecular weight is 319 g/mol. The van der Waals surface area contributed by atoms with Crippen molar-refractivity contribution in [2.24, 2.45) is 4.99 Å². The van der Waals surface area contributed by atoms with E-state index in [1.54, 1.807) is 25.1 Å². The Kier molecular flexibility index (Phi) is 4.53. The molecule has 0 radical (unpaired) electrons. The summed E-state index contributed by atoms with van der Waals surface area (Å²) >= 11 is 5.74. The van der Waals surface area contributed by atoms with E-state index < -0.39 is 10.9 Å². The van der Waals surface area contributed by atoms with Crippen LogP contribution in [-0.2, 0) is 0 Å². The summed E-state index contributed by atoms with van der Waals surface area (Å²) in [5.74, 6) is -1.03. The van der Waals surface area contributed by atoms with E-state index >= 15 is 0 Å². The number of halogens is 1. The Hall–Kier alpha value is -2.73. The quantitative estimate of drug-likeness (QED) is 0.523. The normalized spacial score (nSPS) is 10.8. The minimum Gasteiger partial charge on any atom is -0.478 e. The molecule has 112 valence electrons. The number of rotatable bonds is 4. The van der Waals surface area contributed by atoms with Crippen molar-refractivity contribution < 1.29 is 14.8 Å². The molecule has 1 N–H and O–H groups in total. The van der Waals surface area contributed by atoms with E-state index in [9.17, 15) is 14.9 Å². The Morgan fingerprint density at radius 3 is 2.73 bits per heavy atom. The molecule has 0 saturated carbocycles. The molecule has 2 rings (SSSR count). The minimum atomic E-state index is -1.03. The third-order valence-corrected chi connectivity index (χ3v) is 3.37. The number of benzene rings is 2. The van der Waals surface area contributed by atoms with Crippen molar-refractivity contribution in [1.29, 1.82) is 0 Å². The van der Waals surface area contributed by atoms with Crippen LogP contribution in [0.2, 0.25) is 5.02 Å². The van der Waals surface area contributed by atoms with Gasteiger partial charge in [-0.2, -0.15) is 0 Å². The lowest BCUT2D eigenvalue weighted by molar-refractivity contribution is -0.384. The summed E-state index contributed by atoms with van der Waals surface area (Å²) in [5.41, 5.74) is 1.46. The van der Waals surface area contributed by atoms with Crippen molar-refractivity contribution in [3.8, 4) is 0 Å². The maximum atomic E-state index is 11.1. The van der Waals surface area contributed by atoms with E-state index in [-0.39, 0.29) is 16.3 Å².